The van der Waals surface area contributed by atoms with Crippen LogP contribution in [0.4, 0.5) is 0 Å². The van der Waals surface area contributed by atoms with Crippen LogP contribution in [0, 0.1) is 0 Å². The van der Waals surface area contributed by atoms with Crippen molar-refractivity contribution in [3.8, 4) is 0 Å². The van der Waals surface area contributed by atoms with Gasteiger partial charge in [0, 0.05) is 33.3 Å². The van der Waals surface area contributed by atoms with Crippen LogP contribution in [0.2, 0.25) is 0 Å². The SMILES string of the molecule is CN=C(NCCC1CCCO1)NCc1ccc(CN2CCCC2)cc1.I. The third-order valence-electron chi connectivity index (χ3n) is 5.09. The van der Waals surface area contributed by atoms with Crippen LogP contribution >= 0.6 is 24.0 Å². The third-order valence-corrected chi connectivity index (χ3v) is 5.09. The van der Waals surface area contributed by atoms with Crippen molar-refractivity contribution in [3.05, 3.63) is 35.4 Å². The van der Waals surface area contributed by atoms with Crippen LogP contribution in [0.1, 0.15) is 43.2 Å². The Hall–Kier alpha value is -0.860. The first-order valence-electron chi connectivity index (χ1n) is 9.70. The molecule has 0 spiro atoms. The largest absolute Gasteiger partial charge is 0.378 e. The molecule has 1 aromatic carbocycles. The van der Waals surface area contributed by atoms with Crippen LogP contribution in [0.15, 0.2) is 29.3 Å². The Labute approximate surface area is 175 Å². The zero-order chi connectivity index (χ0) is 17.3. The van der Waals surface area contributed by atoms with Gasteiger partial charge >= 0.3 is 0 Å². The Kier molecular flexibility index (Phi) is 9.71. The van der Waals surface area contributed by atoms with Crippen molar-refractivity contribution in [1.82, 2.24) is 15.5 Å². The Morgan fingerprint density at radius 1 is 1.12 bits per heavy atom. The molecular formula is C20H33IN4O. The Morgan fingerprint density at radius 3 is 2.50 bits per heavy atom. The van der Waals surface area contributed by atoms with Gasteiger partial charge in [0.05, 0.1) is 6.10 Å². The average molecular weight is 472 g/mol. The maximum atomic E-state index is 5.65. The van der Waals surface area contributed by atoms with Gasteiger partial charge < -0.3 is 15.4 Å². The van der Waals surface area contributed by atoms with Crippen LogP contribution in [0.5, 0.6) is 0 Å². The number of likely N-dealkylation sites (tertiary alicyclic amines) is 1. The average Bonchev–Trinajstić information content (AvgIpc) is 3.33. The smallest absolute Gasteiger partial charge is 0.191 e. The van der Waals surface area contributed by atoms with E-state index in [9.17, 15) is 0 Å². The molecule has 0 amide bonds. The zero-order valence-corrected chi connectivity index (χ0v) is 18.2. The minimum atomic E-state index is 0. The Balaban J connectivity index is 0.00000243. The van der Waals surface area contributed by atoms with E-state index in [1.165, 1.54) is 49.9 Å². The molecule has 26 heavy (non-hydrogen) atoms. The summed E-state index contributed by atoms with van der Waals surface area (Å²) >= 11 is 0. The minimum Gasteiger partial charge on any atom is -0.378 e. The standard InChI is InChI=1S/C20H32N4O.HI/c1-21-20(22-11-10-19-5-4-14-25-19)23-15-17-6-8-18(9-7-17)16-24-12-2-3-13-24;/h6-9,19H,2-5,10-16H2,1H3,(H2,21,22,23);1H. The van der Waals surface area contributed by atoms with E-state index in [1.54, 1.807) is 0 Å². The second-order valence-corrected chi connectivity index (χ2v) is 7.08. The molecule has 0 radical (unpaired) electrons. The maximum absolute atomic E-state index is 5.65. The summed E-state index contributed by atoms with van der Waals surface area (Å²) in [6, 6.07) is 8.95. The molecule has 3 rings (SSSR count). The fourth-order valence-corrected chi connectivity index (χ4v) is 3.59. The molecule has 2 aliphatic rings. The quantitative estimate of drug-likeness (QED) is 0.364. The fourth-order valence-electron chi connectivity index (χ4n) is 3.59. The molecule has 146 valence electrons. The van der Waals surface area contributed by atoms with Gasteiger partial charge in [-0.05, 0) is 56.3 Å². The third kappa shape index (κ3) is 7.04. The van der Waals surface area contributed by atoms with E-state index in [4.69, 9.17) is 4.74 Å². The first-order valence-corrected chi connectivity index (χ1v) is 9.70. The van der Waals surface area contributed by atoms with Gasteiger partial charge in [-0.1, -0.05) is 24.3 Å². The number of rotatable bonds is 7. The zero-order valence-electron chi connectivity index (χ0n) is 15.9. The van der Waals surface area contributed by atoms with Gasteiger partial charge in [-0.25, -0.2) is 0 Å². The maximum Gasteiger partial charge on any atom is 0.191 e. The lowest BCUT2D eigenvalue weighted by molar-refractivity contribution is 0.105. The van der Waals surface area contributed by atoms with Crippen molar-refractivity contribution in [3.63, 3.8) is 0 Å². The number of guanidine groups is 1. The Bertz CT molecular complexity index is 537. The minimum absolute atomic E-state index is 0. The van der Waals surface area contributed by atoms with E-state index in [1.807, 2.05) is 7.05 Å². The molecule has 2 N–H and O–H groups in total. The molecule has 1 atom stereocenters. The monoisotopic (exact) mass is 472 g/mol. The molecule has 6 heteroatoms. The molecular weight excluding hydrogens is 439 g/mol. The van der Waals surface area contributed by atoms with Crippen LogP contribution in [0.3, 0.4) is 0 Å². The summed E-state index contributed by atoms with van der Waals surface area (Å²) in [6.07, 6.45) is 6.56. The molecule has 2 heterocycles. The normalized spacial score (nSPS) is 20.8. The number of benzene rings is 1. The van der Waals surface area contributed by atoms with Gasteiger partial charge in [-0.15, -0.1) is 24.0 Å². The van der Waals surface area contributed by atoms with E-state index >= 15 is 0 Å². The summed E-state index contributed by atoms with van der Waals surface area (Å²) in [5.74, 6) is 0.860. The summed E-state index contributed by atoms with van der Waals surface area (Å²) < 4.78 is 5.65. The first-order chi connectivity index (χ1) is 12.3. The second-order valence-electron chi connectivity index (χ2n) is 7.08. The van der Waals surface area contributed by atoms with Crippen LogP contribution in [0.25, 0.3) is 0 Å². The molecule has 1 unspecified atom stereocenters. The van der Waals surface area contributed by atoms with E-state index < -0.39 is 0 Å². The lowest BCUT2D eigenvalue weighted by Crippen LogP contribution is -2.38. The summed E-state index contributed by atoms with van der Waals surface area (Å²) in [4.78, 5) is 6.84. The summed E-state index contributed by atoms with van der Waals surface area (Å²) in [5, 5.41) is 6.77. The molecule has 0 bridgehead atoms. The van der Waals surface area contributed by atoms with Crippen molar-refractivity contribution in [1.29, 1.82) is 0 Å². The van der Waals surface area contributed by atoms with Gasteiger partial charge in [0.2, 0.25) is 0 Å². The second kappa shape index (κ2) is 11.8. The lowest BCUT2D eigenvalue weighted by Gasteiger charge is -2.16. The number of aliphatic imine (C=N–C) groups is 1. The lowest BCUT2D eigenvalue weighted by atomic mass is 10.1. The first kappa shape index (κ1) is 21.4. The predicted octanol–water partition coefficient (Wildman–Crippen LogP) is 3.13. The van der Waals surface area contributed by atoms with Gasteiger partial charge in [-0.2, -0.15) is 0 Å². The highest BCUT2D eigenvalue weighted by Crippen LogP contribution is 2.14. The number of ether oxygens (including phenoxy) is 1. The van der Waals surface area contributed by atoms with Gasteiger partial charge in [0.1, 0.15) is 0 Å². The summed E-state index contributed by atoms with van der Waals surface area (Å²) in [5.41, 5.74) is 2.69. The topological polar surface area (TPSA) is 48.9 Å². The number of hydrogen-bond donors (Lipinski definition) is 2. The molecule has 0 saturated carbocycles. The van der Waals surface area contributed by atoms with E-state index in [-0.39, 0.29) is 24.0 Å². The van der Waals surface area contributed by atoms with Gasteiger partial charge in [-0.3, -0.25) is 9.89 Å². The van der Waals surface area contributed by atoms with Crippen molar-refractivity contribution < 1.29 is 4.74 Å². The molecule has 5 nitrogen and oxygen atoms in total. The number of nitrogens with one attached hydrogen (secondary N) is 2. The highest BCUT2D eigenvalue weighted by Gasteiger charge is 2.15. The fraction of sp³-hybridized carbons (Fsp3) is 0.650. The number of halogens is 1. The van der Waals surface area contributed by atoms with Crippen LogP contribution < -0.4 is 10.6 Å². The summed E-state index contributed by atoms with van der Waals surface area (Å²) in [6.45, 7) is 6.20. The Morgan fingerprint density at radius 2 is 1.85 bits per heavy atom. The molecule has 2 saturated heterocycles. The van der Waals surface area contributed by atoms with Gasteiger partial charge in [0.25, 0.3) is 0 Å². The molecule has 2 fully saturated rings. The highest BCUT2D eigenvalue weighted by atomic mass is 127. The summed E-state index contributed by atoms with van der Waals surface area (Å²) in [7, 11) is 1.82. The van der Waals surface area contributed by atoms with E-state index in [0.29, 0.717) is 6.10 Å². The van der Waals surface area contributed by atoms with Crippen molar-refractivity contribution in [2.45, 2.75) is 51.3 Å². The van der Waals surface area contributed by atoms with Gasteiger partial charge in [0.15, 0.2) is 5.96 Å². The van der Waals surface area contributed by atoms with E-state index in [0.717, 1.165) is 38.6 Å². The van der Waals surface area contributed by atoms with Crippen molar-refractivity contribution >= 4 is 29.9 Å². The molecule has 0 aliphatic carbocycles. The molecule has 0 aromatic heterocycles. The van der Waals surface area contributed by atoms with Crippen LogP contribution in [-0.4, -0.2) is 50.3 Å². The molecule has 1 aromatic rings. The molecule has 2 aliphatic heterocycles. The van der Waals surface area contributed by atoms with Crippen LogP contribution in [-0.2, 0) is 17.8 Å². The van der Waals surface area contributed by atoms with Crippen molar-refractivity contribution in [2.24, 2.45) is 4.99 Å². The van der Waals surface area contributed by atoms with E-state index in [2.05, 4.69) is 44.8 Å². The predicted molar refractivity (Wildman–Crippen MR) is 118 cm³/mol. The number of nitrogens with zero attached hydrogens (tertiary/aromatic N) is 2. The highest BCUT2D eigenvalue weighted by molar-refractivity contribution is 14.0. The number of hydrogen-bond acceptors (Lipinski definition) is 3. The van der Waals surface area contributed by atoms with Crippen molar-refractivity contribution in [2.75, 3.05) is 33.3 Å².